The van der Waals surface area contributed by atoms with Crippen molar-refractivity contribution in [3.63, 3.8) is 0 Å². The van der Waals surface area contributed by atoms with Gasteiger partial charge in [0.15, 0.2) is 5.78 Å². The standard InChI is InChI=1S/C13H24O/c1-6-7-8-13(10(2)3)9-11(4)12(5)14/h9-10,13H,6-8H2,1-5H3/b11-9+/t13-/m0/s1. The van der Waals surface area contributed by atoms with Crippen LogP contribution >= 0.6 is 0 Å². The van der Waals surface area contributed by atoms with Gasteiger partial charge in [0.2, 0.25) is 0 Å². The first-order valence-electron chi connectivity index (χ1n) is 5.68. The molecule has 0 aliphatic carbocycles. The third-order valence-corrected chi connectivity index (χ3v) is 2.77. The van der Waals surface area contributed by atoms with Crippen molar-refractivity contribution < 1.29 is 4.79 Å². The summed E-state index contributed by atoms with van der Waals surface area (Å²) in [6.45, 7) is 10.2. The van der Waals surface area contributed by atoms with E-state index in [-0.39, 0.29) is 5.78 Å². The maximum Gasteiger partial charge on any atom is 0.155 e. The molecule has 0 N–H and O–H groups in total. The average molecular weight is 196 g/mol. The van der Waals surface area contributed by atoms with Crippen molar-refractivity contribution in [1.82, 2.24) is 0 Å². The molecule has 1 heteroatoms. The van der Waals surface area contributed by atoms with Gasteiger partial charge in [0.25, 0.3) is 0 Å². The Hall–Kier alpha value is -0.590. The number of allylic oxidation sites excluding steroid dienone is 2. The predicted molar refractivity (Wildman–Crippen MR) is 62.3 cm³/mol. The first-order valence-corrected chi connectivity index (χ1v) is 5.68. The first-order chi connectivity index (χ1) is 6.49. The molecule has 0 fully saturated rings. The van der Waals surface area contributed by atoms with E-state index in [0.29, 0.717) is 11.8 Å². The molecule has 0 aromatic rings. The van der Waals surface area contributed by atoms with Crippen LogP contribution < -0.4 is 0 Å². The van der Waals surface area contributed by atoms with Crippen molar-refractivity contribution in [2.24, 2.45) is 11.8 Å². The van der Waals surface area contributed by atoms with Gasteiger partial charge in [0.05, 0.1) is 0 Å². The van der Waals surface area contributed by atoms with Crippen LogP contribution in [0.2, 0.25) is 0 Å². The van der Waals surface area contributed by atoms with Gasteiger partial charge in [-0.15, -0.1) is 0 Å². The molecular weight excluding hydrogens is 172 g/mol. The Morgan fingerprint density at radius 3 is 2.21 bits per heavy atom. The topological polar surface area (TPSA) is 17.1 Å². The van der Waals surface area contributed by atoms with Gasteiger partial charge in [-0.25, -0.2) is 0 Å². The van der Waals surface area contributed by atoms with Crippen LogP contribution in [0.15, 0.2) is 11.6 Å². The van der Waals surface area contributed by atoms with Crippen LogP contribution in [-0.4, -0.2) is 5.78 Å². The predicted octanol–water partition coefficient (Wildman–Crippen LogP) is 3.98. The Labute approximate surface area is 88.6 Å². The molecule has 0 aliphatic rings. The molecule has 14 heavy (non-hydrogen) atoms. The number of carbonyl (C=O) groups is 1. The van der Waals surface area contributed by atoms with Crippen LogP contribution in [0.4, 0.5) is 0 Å². The molecule has 1 atom stereocenters. The molecule has 82 valence electrons. The van der Waals surface area contributed by atoms with E-state index < -0.39 is 0 Å². The Balaban J connectivity index is 4.35. The second-order valence-corrected chi connectivity index (χ2v) is 4.46. The summed E-state index contributed by atoms with van der Waals surface area (Å²) >= 11 is 0. The molecule has 0 aromatic carbocycles. The number of Topliss-reactive ketones (excluding diaryl/α,β-unsaturated/α-hetero) is 1. The number of hydrogen-bond acceptors (Lipinski definition) is 1. The van der Waals surface area contributed by atoms with Gasteiger partial charge in [-0.1, -0.05) is 39.7 Å². The number of ketones is 1. The molecule has 0 saturated heterocycles. The molecule has 1 nitrogen and oxygen atoms in total. The lowest BCUT2D eigenvalue weighted by atomic mass is 9.88. The van der Waals surface area contributed by atoms with Gasteiger partial charge in [0, 0.05) is 0 Å². The number of hydrogen-bond donors (Lipinski definition) is 0. The Kier molecular flexibility index (Phi) is 6.52. The highest BCUT2D eigenvalue weighted by Gasteiger charge is 2.11. The summed E-state index contributed by atoms with van der Waals surface area (Å²) in [5, 5.41) is 0. The normalized spacial score (nSPS) is 14.6. The van der Waals surface area contributed by atoms with Crippen LogP contribution in [0.3, 0.4) is 0 Å². The molecule has 0 aliphatic heterocycles. The lowest BCUT2D eigenvalue weighted by Crippen LogP contribution is -2.07. The van der Waals surface area contributed by atoms with Gasteiger partial charge < -0.3 is 0 Å². The minimum atomic E-state index is 0.201. The number of carbonyl (C=O) groups excluding carboxylic acids is 1. The van der Waals surface area contributed by atoms with E-state index in [0.717, 1.165) is 5.57 Å². The first kappa shape index (κ1) is 13.4. The monoisotopic (exact) mass is 196 g/mol. The molecule has 0 aromatic heterocycles. The molecule has 0 radical (unpaired) electrons. The Morgan fingerprint density at radius 1 is 1.29 bits per heavy atom. The minimum Gasteiger partial charge on any atom is -0.295 e. The van der Waals surface area contributed by atoms with Crippen LogP contribution in [-0.2, 0) is 4.79 Å². The fraction of sp³-hybridized carbons (Fsp3) is 0.769. The zero-order valence-corrected chi connectivity index (χ0v) is 10.3. The summed E-state index contributed by atoms with van der Waals surface area (Å²) in [5.41, 5.74) is 0.916. The van der Waals surface area contributed by atoms with E-state index >= 15 is 0 Å². The summed E-state index contributed by atoms with van der Waals surface area (Å²) in [5.74, 6) is 1.40. The van der Waals surface area contributed by atoms with Crippen molar-refractivity contribution in [3.05, 3.63) is 11.6 Å². The highest BCUT2D eigenvalue weighted by Crippen LogP contribution is 2.21. The molecule has 0 amide bonds. The number of unbranched alkanes of at least 4 members (excludes halogenated alkanes) is 1. The summed E-state index contributed by atoms with van der Waals surface area (Å²) in [6.07, 6.45) is 5.85. The largest absolute Gasteiger partial charge is 0.295 e. The van der Waals surface area contributed by atoms with Gasteiger partial charge >= 0.3 is 0 Å². The summed E-state index contributed by atoms with van der Waals surface area (Å²) in [4.78, 5) is 11.1. The molecule has 0 heterocycles. The third-order valence-electron chi connectivity index (χ3n) is 2.77. The molecule has 0 rings (SSSR count). The maximum absolute atomic E-state index is 11.1. The van der Waals surface area contributed by atoms with Crippen molar-refractivity contribution in [2.45, 2.75) is 53.9 Å². The molecule has 0 unspecified atom stereocenters. The lowest BCUT2D eigenvalue weighted by molar-refractivity contribution is -0.113. The second kappa shape index (κ2) is 6.80. The van der Waals surface area contributed by atoms with Crippen molar-refractivity contribution >= 4 is 5.78 Å². The zero-order valence-electron chi connectivity index (χ0n) is 10.3. The summed E-state index contributed by atoms with van der Waals surface area (Å²) in [7, 11) is 0. The van der Waals surface area contributed by atoms with E-state index in [9.17, 15) is 4.79 Å². The third kappa shape index (κ3) is 5.21. The van der Waals surface area contributed by atoms with Gasteiger partial charge in [-0.05, 0) is 37.7 Å². The quantitative estimate of drug-likeness (QED) is 0.587. The lowest BCUT2D eigenvalue weighted by Gasteiger charge is -2.17. The van der Waals surface area contributed by atoms with E-state index in [1.807, 2.05) is 6.92 Å². The highest BCUT2D eigenvalue weighted by molar-refractivity contribution is 5.92. The second-order valence-electron chi connectivity index (χ2n) is 4.46. The van der Waals surface area contributed by atoms with E-state index in [2.05, 4.69) is 26.8 Å². The van der Waals surface area contributed by atoms with Crippen molar-refractivity contribution in [1.29, 1.82) is 0 Å². The van der Waals surface area contributed by atoms with Crippen LogP contribution in [0, 0.1) is 11.8 Å². The van der Waals surface area contributed by atoms with Crippen LogP contribution in [0.1, 0.15) is 53.9 Å². The van der Waals surface area contributed by atoms with Crippen LogP contribution in [0.5, 0.6) is 0 Å². The van der Waals surface area contributed by atoms with Crippen molar-refractivity contribution in [2.75, 3.05) is 0 Å². The molecule has 0 bridgehead atoms. The number of rotatable bonds is 6. The average Bonchev–Trinajstić information content (AvgIpc) is 2.10. The smallest absolute Gasteiger partial charge is 0.155 e. The maximum atomic E-state index is 11.1. The fourth-order valence-corrected chi connectivity index (χ4v) is 1.49. The van der Waals surface area contributed by atoms with Gasteiger partial charge in [0.1, 0.15) is 0 Å². The van der Waals surface area contributed by atoms with E-state index in [1.54, 1.807) is 6.92 Å². The Morgan fingerprint density at radius 2 is 1.86 bits per heavy atom. The highest BCUT2D eigenvalue weighted by atomic mass is 16.1. The molecular formula is C13H24O. The summed E-state index contributed by atoms with van der Waals surface area (Å²) < 4.78 is 0. The van der Waals surface area contributed by atoms with Crippen molar-refractivity contribution in [3.8, 4) is 0 Å². The summed E-state index contributed by atoms with van der Waals surface area (Å²) in [6, 6.07) is 0. The zero-order chi connectivity index (χ0) is 11.1. The van der Waals surface area contributed by atoms with Gasteiger partial charge in [-0.3, -0.25) is 4.79 Å². The van der Waals surface area contributed by atoms with Gasteiger partial charge in [-0.2, -0.15) is 0 Å². The van der Waals surface area contributed by atoms with Crippen LogP contribution in [0.25, 0.3) is 0 Å². The van der Waals surface area contributed by atoms with E-state index in [1.165, 1.54) is 19.3 Å². The minimum absolute atomic E-state index is 0.201. The van der Waals surface area contributed by atoms with E-state index in [4.69, 9.17) is 0 Å². The molecule has 0 saturated carbocycles. The fourth-order valence-electron chi connectivity index (χ4n) is 1.49. The Bertz CT molecular complexity index is 201. The molecule has 0 spiro atoms. The SMILES string of the molecule is CCCC[C@@H](/C=C(\C)C(C)=O)C(C)C.